The summed E-state index contributed by atoms with van der Waals surface area (Å²) in [5.74, 6) is -0.0371. The van der Waals surface area contributed by atoms with E-state index in [1.807, 2.05) is 84.2 Å². The summed E-state index contributed by atoms with van der Waals surface area (Å²) >= 11 is 1.58. The second-order valence-electron chi connectivity index (χ2n) is 8.60. The molecule has 3 heterocycles. The minimum Gasteiger partial charge on any atom is -0.354 e. The lowest BCUT2D eigenvalue weighted by Crippen LogP contribution is -2.30. The van der Waals surface area contributed by atoms with E-state index in [1.54, 1.807) is 34.4 Å². The molecule has 1 aliphatic heterocycles. The van der Waals surface area contributed by atoms with Crippen LogP contribution in [0, 0.1) is 0 Å². The maximum atomic E-state index is 13.6. The molecule has 5 aromatic rings. The molecule has 0 saturated heterocycles. The first-order chi connectivity index (χ1) is 18.2. The molecule has 0 fully saturated rings. The molecular formula is C30H22N4O2S. The van der Waals surface area contributed by atoms with Gasteiger partial charge in [-0.3, -0.25) is 9.59 Å². The van der Waals surface area contributed by atoms with Gasteiger partial charge < -0.3 is 15.5 Å². The molecule has 1 aliphatic rings. The predicted molar refractivity (Wildman–Crippen MR) is 149 cm³/mol. The number of hydrogen-bond donors (Lipinski definition) is 2. The molecule has 0 atom stereocenters. The van der Waals surface area contributed by atoms with Crippen LogP contribution in [0.4, 0.5) is 22.9 Å². The van der Waals surface area contributed by atoms with Gasteiger partial charge in [0.1, 0.15) is 5.82 Å². The third-order valence-corrected chi connectivity index (χ3v) is 7.17. The van der Waals surface area contributed by atoms with Crippen molar-refractivity contribution in [1.82, 2.24) is 4.98 Å². The van der Waals surface area contributed by atoms with Gasteiger partial charge in [-0.2, -0.15) is 0 Å². The number of nitrogens with zero attached hydrogens (tertiary/aromatic N) is 2. The van der Waals surface area contributed by atoms with Crippen LogP contribution in [0.5, 0.6) is 0 Å². The largest absolute Gasteiger partial charge is 0.354 e. The quantitative estimate of drug-likeness (QED) is 0.278. The number of rotatable bonds is 4. The van der Waals surface area contributed by atoms with Crippen molar-refractivity contribution in [1.29, 1.82) is 0 Å². The van der Waals surface area contributed by atoms with E-state index >= 15 is 0 Å². The summed E-state index contributed by atoms with van der Waals surface area (Å²) in [6.45, 7) is 0.428. The Labute approximate surface area is 218 Å². The molecule has 2 amide bonds. The summed E-state index contributed by atoms with van der Waals surface area (Å²) in [6, 6.07) is 30.5. The minimum atomic E-state index is -0.250. The predicted octanol–water partition coefficient (Wildman–Crippen LogP) is 6.97. The monoisotopic (exact) mass is 502 g/mol. The Hall–Kier alpha value is -4.75. The summed E-state index contributed by atoms with van der Waals surface area (Å²) in [5, 5.41) is 8.29. The van der Waals surface area contributed by atoms with Crippen LogP contribution in [-0.4, -0.2) is 16.8 Å². The third-order valence-electron chi connectivity index (χ3n) is 6.27. The van der Waals surface area contributed by atoms with E-state index in [4.69, 9.17) is 0 Å². The number of carbonyl (C=O) groups excluding carboxylic acids is 2. The van der Waals surface area contributed by atoms with Crippen LogP contribution in [0.15, 0.2) is 109 Å². The summed E-state index contributed by atoms with van der Waals surface area (Å²) in [7, 11) is 0. The van der Waals surface area contributed by atoms with Gasteiger partial charge in [0.05, 0.1) is 23.5 Å². The second-order valence-corrected chi connectivity index (χ2v) is 9.55. The average molecular weight is 503 g/mol. The molecule has 6 nitrogen and oxygen atoms in total. The lowest BCUT2D eigenvalue weighted by molar-refractivity contribution is 0.0984. The summed E-state index contributed by atoms with van der Waals surface area (Å²) in [4.78, 5) is 33.8. The van der Waals surface area contributed by atoms with E-state index < -0.39 is 0 Å². The van der Waals surface area contributed by atoms with E-state index in [2.05, 4.69) is 15.6 Å². The molecule has 0 spiro atoms. The fraction of sp³-hybridized carbons (Fsp3) is 0.0333. The topological polar surface area (TPSA) is 74.3 Å². The number of fused-ring (bicyclic) bond motifs is 2. The molecule has 6 rings (SSSR count). The van der Waals surface area contributed by atoms with Crippen molar-refractivity contribution in [2.75, 3.05) is 15.5 Å². The summed E-state index contributed by atoms with van der Waals surface area (Å²) < 4.78 is 0. The van der Waals surface area contributed by atoms with Crippen molar-refractivity contribution >= 4 is 46.0 Å². The summed E-state index contributed by atoms with van der Waals surface area (Å²) in [6.07, 6.45) is 1.51. The van der Waals surface area contributed by atoms with E-state index in [0.29, 0.717) is 23.5 Å². The van der Waals surface area contributed by atoms with Gasteiger partial charge in [-0.1, -0.05) is 54.6 Å². The zero-order chi connectivity index (χ0) is 25.2. The maximum absolute atomic E-state index is 13.6. The van der Waals surface area contributed by atoms with Gasteiger partial charge in [-0.25, -0.2) is 4.98 Å². The molecule has 7 heteroatoms. The lowest BCUT2D eigenvalue weighted by Gasteiger charge is -2.22. The van der Waals surface area contributed by atoms with Gasteiger partial charge in [0, 0.05) is 27.9 Å². The van der Waals surface area contributed by atoms with Crippen LogP contribution in [0.1, 0.15) is 26.3 Å². The Balaban J connectivity index is 1.24. The fourth-order valence-corrected chi connectivity index (χ4v) is 5.20. The molecule has 180 valence electrons. The number of pyridine rings is 1. The molecule has 0 saturated carbocycles. The Bertz CT molecular complexity index is 1600. The zero-order valence-electron chi connectivity index (χ0n) is 19.7. The first kappa shape index (κ1) is 22.7. The van der Waals surface area contributed by atoms with Crippen LogP contribution in [0.2, 0.25) is 0 Å². The Kier molecular flexibility index (Phi) is 5.96. The van der Waals surface area contributed by atoms with Gasteiger partial charge in [-0.05, 0) is 53.4 Å². The Morgan fingerprint density at radius 3 is 2.43 bits per heavy atom. The van der Waals surface area contributed by atoms with Crippen molar-refractivity contribution in [3.05, 3.63) is 125 Å². The minimum absolute atomic E-state index is 0.167. The standard InChI is InChI=1S/C30H22N4O2S/c35-29(23-10-3-2-9-22(23)27-14-7-17-37-27)33-28-16-15-20(18-31-28)30(36)34-19-21-8-1-4-11-24(21)32-25-12-5-6-13-26(25)34/h1-18,32H,19H2,(H,31,33,35). The van der Waals surface area contributed by atoms with Gasteiger partial charge in [0.25, 0.3) is 11.8 Å². The SMILES string of the molecule is O=C(Nc1ccc(C(=O)N2Cc3ccccc3Nc3ccccc32)cn1)c1ccccc1-c1cccs1. The number of carbonyl (C=O) groups is 2. The molecule has 37 heavy (non-hydrogen) atoms. The number of para-hydroxylation sites is 3. The van der Waals surface area contributed by atoms with Crippen molar-refractivity contribution in [2.24, 2.45) is 0 Å². The number of benzene rings is 3. The van der Waals surface area contributed by atoms with Crippen LogP contribution in [0.25, 0.3) is 10.4 Å². The molecule has 2 N–H and O–H groups in total. The molecule has 3 aromatic carbocycles. The summed E-state index contributed by atoms with van der Waals surface area (Å²) in [5.41, 5.74) is 5.53. The maximum Gasteiger partial charge on any atom is 0.260 e. The molecule has 0 bridgehead atoms. The number of anilines is 4. The Morgan fingerprint density at radius 2 is 1.62 bits per heavy atom. The molecule has 2 aromatic heterocycles. The lowest BCUT2D eigenvalue weighted by atomic mass is 10.1. The number of thiophene rings is 1. The number of aromatic nitrogens is 1. The average Bonchev–Trinajstić information content (AvgIpc) is 3.42. The first-order valence-electron chi connectivity index (χ1n) is 11.8. The van der Waals surface area contributed by atoms with Gasteiger partial charge in [0.2, 0.25) is 0 Å². The van der Waals surface area contributed by atoms with Crippen LogP contribution >= 0.6 is 11.3 Å². The third kappa shape index (κ3) is 4.48. The fourth-order valence-electron chi connectivity index (χ4n) is 4.44. The van der Waals surface area contributed by atoms with E-state index in [1.165, 1.54) is 6.20 Å². The highest BCUT2D eigenvalue weighted by atomic mass is 32.1. The van der Waals surface area contributed by atoms with E-state index in [9.17, 15) is 9.59 Å². The number of amides is 2. The molecule has 0 radical (unpaired) electrons. The first-order valence-corrected chi connectivity index (χ1v) is 12.7. The van der Waals surface area contributed by atoms with Crippen LogP contribution < -0.4 is 15.5 Å². The van der Waals surface area contributed by atoms with Gasteiger partial charge >= 0.3 is 0 Å². The van der Waals surface area contributed by atoms with Crippen molar-refractivity contribution in [3.8, 4) is 10.4 Å². The van der Waals surface area contributed by atoms with Crippen molar-refractivity contribution in [2.45, 2.75) is 6.54 Å². The second kappa shape index (κ2) is 9.72. The highest BCUT2D eigenvalue weighted by molar-refractivity contribution is 7.13. The van der Waals surface area contributed by atoms with Gasteiger partial charge in [-0.15, -0.1) is 11.3 Å². The molecular weight excluding hydrogens is 480 g/mol. The normalized spacial score (nSPS) is 12.1. The smallest absolute Gasteiger partial charge is 0.260 e. The molecule has 0 aliphatic carbocycles. The molecule has 0 unspecified atom stereocenters. The van der Waals surface area contributed by atoms with E-state index in [-0.39, 0.29) is 11.8 Å². The highest BCUT2D eigenvalue weighted by Gasteiger charge is 2.25. The van der Waals surface area contributed by atoms with Gasteiger partial charge in [0.15, 0.2) is 0 Å². The zero-order valence-corrected chi connectivity index (χ0v) is 20.5. The number of nitrogens with one attached hydrogen (secondary N) is 2. The van der Waals surface area contributed by atoms with Crippen LogP contribution in [0.3, 0.4) is 0 Å². The van der Waals surface area contributed by atoms with Crippen molar-refractivity contribution in [3.63, 3.8) is 0 Å². The van der Waals surface area contributed by atoms with E-state index in [0.717, 1.165) is 33.1 Å². The van der Waals surface area contributed by atoms with Crippen LogP contribution in [-0.2, 0) is 6.54 Å². The number of hydrogen-bond acceptors (Lipinski definition) is 5. The van der Waals surface area contributed by atoms with Crippen molar-refractivity contribution < 1.29 is 9.59 Å². The Morgan fingerprint density at radius 1 is 0.838 bits per heavy atom. The highest BCUT2D eigenvalue weighted by Crippen LogP contribution is 2.36.